The predicted octanol–water partition coefficient (Wildman–Crippen LogP) is 3.37. The Hall–Kier alpha value is -2.97. The monoisotopic (exact) mass is 454 g/mol. The van der Waals surface area contributed by atoms with Gasteiger partial charge in [-0.25, -0.2) is 4.79 Å². The smallest absolute Gasteiger partial charge is 0.336 e. The van der Waals surface area contributed by atoms with E-state index in [0.717, 1.165) is 15.6 Å². The zero-order valence-electron chi connectivity index (χ0n) is 18.6. The molecule has 1 amide bonds. The molecule has 168 valence electrons. The van der Waals surface area contributed by atoms with E-state index in [9.17, 15) is 14.4 Å². The number of hydrogen-bond donors (Lipinski definition) is 1. The molecule has 0 bridgehead atoms. The summed E-state index contributed by atoms with van der Waals surface area (Å²) in [6, 6.07) is 5.63. The number of ketones is 1. The summed E-state index contributed by atoms with van der Waals surface area (Å²) in [6.07, 6.45) is 0. The topological polar surface area (TPSA) is 84.9 Å². The first-order chi connectivity index (χ1) is 15.3. The van der Waals surface area contributed by atoms with Gasteiger partial charge in [0.15, 0.2) is 5.78 Å². The number of thiophene rings is 1. The first-order valence-corrected chi connectivity index (χ1v) is 11.4. The highest BCUT2D eigenvalue weighted by molar-refractivity contribution is 7.17. The van der Waals surface area contributed by atoms with Gasteiger partial charge in [-0.3, -0.25) is 9.59 Å². The highest BCUT2D eigenvalue weighted by Gasteiger charge is 2.37. The molecule has 1 aromatic heterocycles. The van der Waals surface area contributed by atoms with Crippen molar-refractivity contribution in [3.63, 3.8) is 0 Å². The second-order valence-corrected chi connectivity index (χ2v) is 8.90. The molecule has 1 fully saturated rings. The van der Waals surface area contributed by atoms with Crippen molar-refractivity contribution >= 4 is 39.1 Å². The van der Waals surface area contributed by atoms with Crippen molar-refractivity contribution in [2.75, 3.05) is 33.4 Å². The van der Waals surface area contributed by atoms with Crippen LogP contribution in [-0.2, 0) is 19.1 Å². The quantitative estimate of drug-likeness (QED) is 0.713. The van der Waals surface area contributed by atoms with Gasteiger partial charge in [0.1, 0.15) is 0 Å². The standard InChI is InChI=1S/C24H26N2O5S/c1-13-20(15(3)27)22(21(14(2)25-13)24(29)30-4)18-12-32-19-6-5-16(11-17(18)19)23(28)26-7-9-31-10-8-26/h5-6,11-12,22,25H,7-10H2,1-4H3. The van der Waals surface area contributed by atoms with Crippen LogP contribution in [-0.4, -0.2) is 56.0 Å². The maximum absolute atomic E-state index is 13.1. The van der Waals surface area contributed by atoms with Gasteiger partial charge in [-0.05, 0) is 55.3 Å². The molecule has 1 N–H and O–H groups in total. The molecule has 1 atom stereocenters. The fourth-order valence-corrected chi connectivity index (χ4v) is 5.47. The van der Waals surface area contributed by atoms with Crippen LogP contribution in [0.5, 0.6) is 0 Å². The summed E-state index contributed by atoms with van der Waals surface area (Å²) in [5, 5.41) is 5.99. The zero-order chi connectivity index (χ0) is 23.0. The van der Waals surface area contributed by atoms with Crippen molar-refractivity contribution in [1.82, 2.24) is 10.2 Å². The highest BCUT2D eigenvalue weighted by atomic mass is 32.1. The number of nitrogens with zero attached hydrogens (tertiary/aromatic N) is 1. The number of dihydropyridines is 1. The number of amides is 1. The van der Waals surface area contributed by atoms with Gasteiger partial charge in [0.2, 0.25) is 0 Å². The molecule has 4 rings (SSSR count). The number of carbonyl (C=O) groups is 3. The third kappa shape index (κ3) is 3.84. The molecule has 0 radical (unpaired) electrons. The molecule has 0 saturated carbocycles. The number of hydrogen-bond acceptors (Lipinski definition) is 7. The summed E-state index contributed by atoms with van der Waals surface area (Å²) in [5.41, 5.74) is 3.72. The minimum absolute atomic E-state index is 0.0453. The summed E-state index contributed by atoms with van der Waals surface area (Å²) in [5.74, 6) is -1.21. The third-order valence-electron chi connectivity index (χ3n) is 6.00. The maximum atomic E-state index is 13.1. The number of morpholine rings is 1. The van der Waals surface area contributed by atoms with E-state index < -0.39 is 11.9 Å². The third-order valence-corrected chi connectivity index (χ3v) is 6.99. The molecule has 0 aliphatic carbocycles. The average molecular weight is 455 g/mol. The number of rotatable bonds is 4. The Morgan fingerprint density at radius 1 is 1.12 bits per heavy atom. The van der Waals surface area contributed by atoms with Crippen LogP contribution in [0.3, 0.4) is 0 Å². The number of carbonyl (C=O) groups excluding carboxylic acids is 3. The largest absolute Gasteiger partial charge is 0.466 e. The van der Waals surface area contributed by atoms with E-state index in [0.29, 0.717) is 54.4 Å². The molecule has 1 aromatic carbocycles. The van der Waals surface area contributed by atoms with Gasteiger partial charge in [-0.15, -0.1) is 11.3 Å². The second-order valence-electron chi connectivity index (χ2n) is 7.99. The Balaban J connectivity index is 1.86. The Morgan fingerprint density at radius 3 is 2.47 bits per heavy atom. The lowest BCUT2D eigenvalue weighted by atomic mass is 9.79. The minimum atomic E-state index is -0.566. The Bertz CT molecular complexity index is 1170. The van der Waals surface area contributed by atoms with E-state index in [2.05, 4.69) is 5.32 Å². The van der Waals surface area contributed by atoms with Gasteiger partial charge in [0, 0.05) is 46.2 Å². The second kappa shape index (κ2) is 8.88. The number of fused-ring (bicyclic) bond motifs is 1. The molecule has 8 heteroatoms. The maximum Gasteiger partial charge on any atom is 0.336 e. The number of allylic oxidation sites excluding steroid dienone is 3. The van der Waals surface area contributed by atoms with Gasteiger partial charge >= 0.3 is 5.97 Å². The molecule has 0 spiro atoms. The minimum Gasteiger partial charge on any atom is -0.466 e. The molecule has 7 nitrogen and oxygen atoms in total. The van der Waals surface area contributed by atoms with Crippen molar-refractivity contribution in [2.24, 2.45) is 0 Å². The van der Waals surface area contributed by atoms with Crippen LogP contribution in [0.1, 0.15) is 42.6 Å². The lowest BCUT2D eigenvalue weighted by Crippen LogP contribution is -2.40. The zero-order valence-corrected chi connectivity index (χ0v) is 19.4. The molecule has 1 unspecified atom stereocenters. The number of methoxy groups -OCH3 is 1. The van der Waals surface area contributed by atoms with Gasteiger partial charge in [-0.1, -0.05) is 0 Å². The number of Topliss-reactive ketones (excluding diaryl/α,β-unsaturated/α-hetero) is 1. The molecule has 2 aliphatic rings. The normalized spacial score (nSPS) is 19.2. The summed E-state index contributed by atoms with van der Waals surface area (Å²) in [7, 11) is 1.34. The molecule has 1 saturated heterocycles. The molecule has 2 aromatic rings. The summed E-state index contributed by atoms with van der Waals surface area (Å²) >= 11 is 1.53. The Labute approximate surface area is 190 Å². The van der Waals surface area contributed by atoms with Crippen LogP contribution < -0.4 is 5.32 Å². The average Bonchev–Trinajstić information content (AvgIpc) is 3.20. The van der Waals surface area contributed by atoms with Gasteiger partial charge < -0.3 is 19.7 Å². The van der Waals surface area contributed by atoms with Crippen LogP contribution in [0.4, 0.5) is 0 Å². The van der Waals surface area contributed by atoms with Crippen LogP contribution in [0.15, 0.2) is 46.1 Å². The lowest BCUT2D eigenvalue weighted by Gasteiger charge is -2.30. The van der Waals surface area contributed by atoms with Crippen molar-refractivity contribution < 1.29 is 23.9 Å². The van der Waals surface area contributed by atoms with Crippen molar-refractivity contribution in [3.8, 4) is 0 Å². The van der Waals surface area contributed by atoms with Crippen LogP contribution in [0, 0.1) is 0 Å². The predicted molar refractivity (Wildman–Crippen MR) is 123 cm³/mol. The van der Waals surface area contributed by atoms with Gasteiger partial charge in [0.05, 0.1) is 25.9 Å². The summed E-state index contributed by atoms with van der Waals surface area (Å²) in [6.45, 7) is 7.34. The fourth-order valence-electron chi connectivity index (χ4n) is 4.51. The first kappa shape index (κ1) is 22.2. The first-order valence-electron chi connectivity index (χ1n) is 10.5. The number of benzene rings is 1. The van der Waals surface area contributed by atoms with E-state index in [1.807, 2.05) is 37.4 Å². The van der Waals surface area contributed by atoms with Gasteiger partial charge in [-0.2, -0.15) is 0 Å². The van der Waals surface area contributed by atoms with Crippen molar-refractivity contribution in [2.45, 2.75) is 26.7 Å². The summed E-state index contributed by atoms with van der Waals surface area (Å²) < 4.78 is 11.4. The lowest BCUT2D eigenvalue weighted by molar-refractivity contribution is -0.136. The molecule has 32 heavy (non-hydrogen) atoms. The highest BCUT2D eigenvalue weighted by Crippen LogP contribution is 2.43. The molecular formula is C24H26N2O5S. The Kier molecular flexibility index (Phi) is 6.17. The SMILES string of the molecule is COC(=O)C1=C(C)NC(C)=C(C(C)=O)C1c1csc2ccc(C(=O)N3CCOCC3)cc12. The molecule has 3 heterocycles. The Morgan fingerprint density at radius 2 is 1.81 bits per heavy atom. The van der Waals surface area contributed by atoms with Crippen molar-refractivity contribution in [3.05, 3.63) is 57.2 Å². The van der Waals surface area contributed by atoms with E-state index >= 15 is 0 Å². The number of nitrogens with one attached hydrogen (secondary N) is 1. The van der Waals surface area contributed by atoms with Gasteiger partial charge in [0.25, 0.3) is 5.91 Å². The molecule has 2 aliphatic heterocycles. The van der Waals surface area contributed by atoms with E-state index in [-0.39, 0.29) is 11.7 Å². The number of esters is 1. The van der Waals surface area contributed by atoms with Crippen LogP contribution >= 0.6 is 11.3 Å². The summed E-state index contributed by atoms with van der Waals surface area (Å²) in [4.78, 5) is 40.3. The van der Waals surface area contributed by atoms with Crippen LogP contribution in [0.2, 0.25) is 0 Å². The van der Waals surface area contributed by atoms with E-state index in [4.69, 9.17) is 9.47 Å². The van der Waals surface area contributed by atoms with Crippen molar-refractivity contribution in [1.29, 1.82) is 0 Å². The van der Waals surface area contributed by atoms with E-state index in [1.165, 1.54) is 25.4 Å². The fraction of sp³-hybridized carbons (Fsp3) is 0.375. The van der Waals surface area contributed by atoms with E-state index in [1.54, 1.807) is 4.90 Å². The number of ether oxygens (including phenoxy) is 2. The van der Waals surface area contributed by atoms with Crippen LogP contribution in [0.25, 0.3) is 10.1 Å². The molecular weight excluding hydrogens is 428 g/mol.